The van der Waals surface area contributed by atoms with Gasteiger partial charge in [0.2, 0.25) is 0 Å². The second-order valence-electron chi connectivity index (χ2n) is 5.59. The van der Waals surface area contributed by atoms with E-state index in [9.17, 15) is 4.39 Å². The summed E-state index contributed by atoms with van der Waals surface area (Å²) >= 11 is 0. The van der Waals surface area contributed by atoms with E-state index < -0.39 is 5.54 Å². The minimum atomic E-state index is -0.684. The average Bonchev–Trinajstić information content (AvgIpc) is 2.49. The summed E-state index contributed by atoms with van der Waals surface area (Å²) in [5, 5.41) is 2.11. The molecule has 0 saturated heterocycles. The van der Waals surface area contributed by atoms with Gasteiger partial charge in [-0.05, 0) is 35.9 Å². The van der Waals surface area contributed by atoms with Gasteiger partial charge in [0, 0.05) is 23.3 Å². The molecule has 1 heterocycles. The SMILES string of the molecule is CC(N)(Cc1ccccc1F)c1cncc2ccccc12. The molecule has 0 aliphatic rings. The molecule has 0 amide bonds. The second-order valence-corrected chi connectivity index (χ2v) is 5.59. The van der Waals surface area contributed by atoms with Gasteiger partial charge >= 0.3 is 0 Å². The van der Waals surface area contributed by atoms with Crippen molar-refractivity contribution >= 4 is 10.8 Å². The van der Waals surface area contributed by atoms with Gasteiger partial charge in [-0.3, -0.25) is 4.98 Å². The third-order valence-electron chi connectivity index (χ3n) is 3.80. The summed E-state index contributed by atoms with van der Waals surface area (Å²) in [5.41, 5.74) is 7.37. The summed E-state index contributed by atoms with van der Waals surface area (Å²) in [5.74, 6) is -0.220. The summed E-state index contributed by atoms with van der Waals surface area (Å²) in [6.07, 6.45) is 4.02. The fourth-order valence-electron chi connectivity index (χ4n) is 2.70. The lowest BCUT2D eigenvalue weighted by Gasteiger charge is -2.26. The van der Waals surface area contributed by atoms with Crippen LogP contribution in [-0.4, -0.2) is 4.98 Å². The first-order valence-corrected chi connectivity index (χ1v) is 6.93. The van der Waals surface area contributed by atoms with Crippen LogP contribution in [-0.2, 0) is 12.0 Å². The van der Waals surface area contributed by atoms with Crippen LogP contribution in [0.15, 0.2) is 60.9 Å². The van der Waals surface area contributed by atoms with E-state index in [4.69, 9.17) is 5.73 Å². The van der Waals surface area contributed by atoms with Gasteiger partial charge in [-0.25, -0.2) is 4.39 Å². The van der Waals surface area contributed by atoms with E-state index in [0.29, 0.717) is 12.0 Å². The summed E-state index contributed by atoms with van der Waals surface area (Å²) in [7, 11) is 0. The fraction of sp³-hybridized carbons (Fsp3) is 0.167. The average molecular weight is 280 g/mol. The Labute approximate surface area is 123 Å². The minimum Gasteiger partial charge on any atom is -0.321 e. The van der Waals surface area contributed by atoms with Crippen LogP contribution in [0.4, 0.5) is 4.39 Å². The largest absolute Gasteiger partial charge is 0.321 e. The lowest BCUT2D eigenvalue weighted by atomic mass is 9.85. The van der Waals surface area contributed by atoms with Crippen molar-refractivity contribution in [3.63, 3.8) is 0 Å². The van der Waals surface area contributed by atoms with Gasteiger partial charge in [-0.1, -0.05) is 42.5 Å². The van der Waals surface area contributed by atoms with E-state index in [1.165, 1.54) is 6.07 Å². The van der Waals surface area contributed by atoms with E-state index in [1.54, 1.807) is 18.3 Å². The number of hydrogen-bond donors (Lipinski definition) is 1. The number of fused-ring (bicyclic) bond motifs is 1. The third kappa shape index (κ3) is 2.65. The zero-order chi connectivity index (χ0) is 14.9. The maximum absolute atomic E-state index is 13.9. The Hall–Kier alpha value is -2.26. The normalized spacial score (nSPS) is 14.0. The quantitative estimate of drug-likeness (QED) is 0.792. The van der Waals surface area contributed by atoms with Crippen LogP contribution in [0, 0.1) is 5.82 Å². The van der Waals surface area contributed by atoms with E-state index in [1.807, 2.05) is 43.5 Å². The predicted octanol–water partition coefficient (Wildman–Crippen LogP) is 3.79. The molecule has 0 bridgehead atoms. The van der Waals surface area contributed by atoms with Crippen molar-refractivity contribution in [1.82, 2.24) is 4.98 Å². The number of hydrogen-bond acceptors (Lipinski definition) is 2. The monoisotopic (exact) mass is 280 g/mol. The van der Waals surface area contributed by atoms with Crippen LogP contribution in [0.3, 0.4) is 0 Å². The molecule has 2 N–H and O–H groups in total. The van der Waals surface area contributed by atoms with Crippen LogP contribution in [0.25, 0.3) is 10.8 Å². The summed E-state index contributed by atoms with van der Waals surface area (Å²) in [6, 6.07) is 14.7. The van der Waals surface area contributed by atoms with Crippen molar-refractivity contribution < 1.29 is 4.39 Å². The molecule has 0 spiro atoms. The number of rotatable bonds is 3. The number of halogens is 1. The van der Waals surface area contributed by atoms with E-state index in [-0.39, 0.29) is 5.82 Å². The Bertz CT molecular complexity index is 776. The summed E-state index contributed by atoms with van der Waals surface area (Å²) in [6.45, 7) is 1.92. The van der Waals surface area contributed by atoms with E-state index in [2.05, 4.69) is 4.98 Å². The van der Waals surface area contributed by atoms with Gasteiger partial charge in [0.15, 0.2) is 0 Å². The minimum absolute atomic E-state index is 0.220. The molecule has 21 heavy (non-hydrogen) atoms. The predicted molar refractivity (Wildman–Crippen MR) is 83.4 cm³/mol. The lowest BCUT2D eigenvalue weighted by Crippen LogP contribution is -2.36. The van der Waals surface area contributed by atoms with Crippen LogP contribution in [0.5, 0.6) is 0 Å². The molecule has 2 nitrogen and oxygen atoms in total. The highest BCUT2D eigenvalue weighted by molar-refractivity contribution is 5.85. The van der Waals surface area contributed by atoms with Crippen LogP contribution >= 0.6 is 0 Å². The standard InChI is InChI=1S/C18H17FN2/c1-18(20,10-13-6-3-5-9-17(13)19)16-12-21-11-14-7-2-4-8-15(14)16/h2-9,11-12H,10,20H2,1H3. The Morgan fingerprint density at radius 3 is 2.57 bits per heavy atom. The fourth-order valence-corrected chi connectivity index (χ4v) is 2.70. The molecule has 1 atom stereocenters. The second kappa shape index (κ2) is 5.26. The Balaban J connectivity index is 2.06. The summed E-state index contributed by atoms with van der Waals surface area (Å²) < 4.78 is 13.9. The molecule has 0 fully saturated rings. The highest BCUT2D eigenvalue weighted by Crippen LogP contribution is 2.29. The smallest absolute Gasteiger partial charge is 0.126 e. The maximum atomic E-state index is 13.9. The Morgan fingerprint density at radius 1 is 1.05 bits per heavy atom. The van der Waals surface area contributed by atoms with E-state index >= 15 is 0 Å². The Morgan fingerprint density at radius 2 is 1.76 bits per heavy atom. The third-order valence-corrected chi connectivity index (χ3v) is 3.80. The van der Waals surface area contributed by atoms with Crippen LogP contribution in [0.1, 0.15) is 18.1 Å². The molecular formula is C18H17FN2. The topological polar surface area (TPSA) is 38.9 Å². The maximum Gasteiger partial charge on any atom is 0.126 e. The first-order chi connectivity index (χ1) is 10.1. The van der Waals surface area contributed by atoms with E-state index in [0.717, 1.165) is 16.3 Å². The molecule has 1 unspecified atom stereocenters. The molecule has 3 rings (SSSR count). The van der Waals surface area contributed by atoms with Gasteiger partial charge < -0.3 is 5.73 Å². The molecule has 1 aromatic heterocycles. The van der Waals surface area contributed by atoms with Gasteiger partial charge in [0.1, 0.15) is 5.82 Å². The summed E-state index contributed by atoms with van der Waals surface area (Å²) in [4.78, 5) is 4.27. The van der Waals surface area contributed by atoms with Crippen molar-refractivity contribution in [2.45, 2.75) is 18.9 Å². The van der Waals surface area contributed by atoms with Crippen molar-refractivity contribution in [2.75, 3.05) is 0 Å². The molecule has 0 saturated carbocycles. The number of nitrogens with two attached hydrogens (primary N) is 1. The zero-order valence-corrected chi connectivity index (χ0v) is 11.9. The number of aromatic nitrogens is 1. The van der Waals surface area contributed by atoms with Crippen molar-refractivity contribution in [1.29, 1.82) is 0 Å². The molecule has 0 radical (unpaired) electrons. The van der Waals surface area contributed by atoms with Gasteiger partial charge in [0.25, 0.3) is 0 Å². The molecular weight excluding hydrogens is 263 g/mol. The van der Waals surface area contributed by atoms with Crippen molar-refractivity contribution in [2.24, 2.45) is 5.73 Å². The van der Waals surface area contributed by atoms with Crippen molar-refractivity contribution in [3.05, 3.63) is 77.9 Å². The molecule has 0 aliphatic carbocycles. The van der Waals surface area contributed by atoms with Gasteiger partial charge in [-0.15, -0.1) is 0 Å². The van der Waals surface area contributed by atoms with Crippen LogP contribution in [0.2, 0.25) is 0 Å². The van der Waals surface area contributed by atoms with Gasteiger partial charge in [-0.2, -0.15) is 0 Å². The number of benzene rings is 2. The highest BCUT2D eigenvalue weighted by Gasteiger charge is 2.25. The molecule has 2 aromatic carbocycles. The molecule has 106 valence electrons. The lowest BCUT2D eigenvalue weighted by molar-refractivity contribution is 0.477. The first kappa shape index (κ1) is 13.7. The number of pyridine rings is 1. The van der Waals surface area contributed by atoms with Crippen molar-refractivity contribution in [3.8, 4) is 0 Å². The molecule has 0 aliphatic heterocycles. The van der Waals surface area contributed by atoms with Crippen LogP contribution < -0.4 is 5.73 Å². The highest BCUT2D eigenvalue weighted by atomic mass is 19.1. The van der Waals surface area contributed by atoms with Gasteiger partial charge in [0.05, 0.1) is 0 Å². The first-order valence-electron chi connectivity index (χ1n) is 6.93. The molecule has 3 aromatic rings. The zero-order valence-electron chi connectivity index (χ0n) is 11.9. The molecule has 3 heteroatoms. The Kier molecular flexibility index (Phi) is 3.43. The number of nitrogens with zero attached hydrogens (tertiary/aromatic N) is 1.